The number of ether oxygens (including phenoxy) is 1. The first-order chi connectivity index (χ1) is 11.4. The first-order valence-electron chi connectivity index (χ1n) is 7.84. The first kappa shape index (κ1) is 17.0. The molecule has 122 valence electrons. The predicted molar refractivity (Wildman–Crippen MR) is 93.4 cm³/mol. The van der Waals surface area contributed by atoms with E-state index >= 15 is 0 Å². The van der Waals surface area contributed by atoms with Crippen LogP contribution in [0.15, 0.2) is 59.7 Å². The summed E-state index contributed by atoms with van der Waals surface area (Å²) in [4.78, 5) is 8.49. The molecule has 1 heterocycles. The highest BCUT2D eigenvalue weighted by atomic mass is 16.5. The second-order valence-electron chi connectivity index (χ2n) is 5.04. The van der Waals surface area contributed by atoms with E-state index in [4.69, 9.17) is 4.74 Å². The van der Waals surface area contributed by atoms with Crippen LogP contribution in [0.2, 0.25) is 0 Å². The Hall–Kier alpha value is -2.40. The zero-order chi connectivity index (χ0) is 16.2. The monoisotopic (exact) mass is 312 g/mol. The van der Waals surface area contributed by atoms with Crippen LogP contribution in [0.4, 0.5) is 0 Å². The van der Waals surface area contributed by atoms with Crippen LogP contribution in [0.25, 0.3) is 0 Å². The van der Waals surface area contributed by atoms with Gasteiger partial charge in [-0.15, -0.1) is 0 Å². The van der Waals surface area contributed by atoms with Crippen molar-refractivity contribution in [2.45, 2.75) is 13.0 Å². The van der Waals surface area contributed by atoms with Crippen molar-refractivity contribution in [3.8, 4) is 0 Å². The lowest BCUT2D eigenvalue weighted by Crippen LogP contribution is -2.39. The van der Waals surface area contributed by atoms with Gasteiger partial charge in [-0.25, -0.2) is 0 Å². The Bertz CT molecular complexity index is 572. The molecule has 1 aromatic heterocycles. The first-order valence-corrected chi connectivity index (χ1v) is 7.84. The summed E-state index contributed by atoms with van der Waals surface area (Å²) in [6, 6.07) is 16.1. The maximum Gasteiger partial charge on any atom is 0.191 e. The van der Waals surface area contributed by atoms with Gasteiger partial charge >= 0.3 is 0 Å². The third-order valence-electron chi connectivity index (χ3n) is 3.27. The van der Waals surface area contributed by atoms with Gasteiger partial charge in [0.2, 0.25) is 0 Å². The van der Waals surface area contributed by atoms with Gasteiger partial charge in [0.05, 0.1) is 13.2 Å². The largest absolute Gasteiger partial charge is 0.375 e. The molecule has 0 saturated carbocycles. The summed E-state index contributed by atoms with van der Waals surface area (Å²) in [7, 11) is 1.76. The molecule has 0 amide bonds. The number of benzene rings is 1. The molecule has 2 rings (SSSR count). The van der Waals surface area contributed by atoms with Crippen molar-refractivity contribution in [3.05, 3.63) is 66.0 Å². The molecule has 0 aliphatic heterocycles. The Morgan fingerprint density at radius 2 is 1.83 bits per heavy atom. The van der Waals surface area contributed by atoms with Gasteiger partial charge in [-0.1, -0.05) is 36.4 Å². The summed E-state index contributed by atoms with van der Waals surface area (Å²) in [6.07, 6.45) is 2.68. The molecule has 1 aromatic carbocycles. The second-order valence-corrected chi connectivity index (χ2v) is 5.04. The van der Waals surface area contributed by atoms with Crippen molar-refractivity contribution < 1.29 is 4.74 Å². The van der Waals surface area contributed by atoms with Crippen LogP contribution in [-0.2, 0) is 17.8 Å². The number of guanidine groups is 1. The van der Waals surface area contributed by atoms with Gasteiger partial charge in [0.25, 0.3) is 0 Å². The minimum atomic E-state index is 0.633. The van der Waals surface area contributed by atoms with Crippen LogP contribution in [0.3, 0.4) is 0 Å². The standard InChI is InChI=1S/C18H24N4O/c1-19-18(21-12-10-17-9-5-6-11-20-17)22-13-14-23-15-16-7-3-2-4-8-16/h2-9,11H,10,12-15H2,1H3,(H2,19,21,22). The number of nitrogens with zero attached hydrogens (tertiary/aromatic N) is 2. The number of hydrogen-bond donors (Lipinski definition) is 2. The normalized spacial score (nSPS) is 11.3. The third kappa shape index (κ3) is 6.93. The summed E-state index contributed by atoms with van der Waals surface area (Å²) in [5.74, 6) is 0.782. The van der Waals surface area contributed by atoms with Gasteiger partial charge in [-0.3, -0.25) is 9.98 Å². The van der Waals surface area contributed by atoms with E-state index < -0.39 is 0 Å². The molecule has 2 aromatic rings. The molecule has 0 spiro atoms. The quantitative estimate of drug-likeness (QED) is 0.445. The number of aromatic nitrogens is 1. The van der Waals surface area contributed by atoms with Crippen molar-refractivity contribution in [2.75, 3.05) is 26.7 Å². The lowest BCUT2D eigenvalue weighted by Gasteiger charge is -2.12. The van der Waals surface area contributed by atoms with Crippen molar-refractivity contribution >= 4 is 5.96 Å². The molecule has 5 heteroatoms. The molecule has 0 fully saturated rings. The number of nitrogens with one attached hydrogen (secondary N) is 2. The van der Waals surface area contributed by atoms with Gasteiger partial charge in [0, 0.05) is 38.4 Å². The third-order valence-corrected chi connectivity index (χ3v) is 3.27. The van der Waals surface area contributed by atoms with Crippen molar-refractivity contribution in [3.63, 3.8) is 0 Å². The smallest absolute Gasteiger partial charge is 0.191 e. The van der Waals surface area contributed by atoms with Crippen LogP contribution < -0.4 is 10.6 Å². The molecule has 0 unspecified atom stereocenters. The number of aliphatic imine (C=N–C) groups is 1. The number of rotatable bonds is 8. The van der Waals surface area contributed by atoms with E-state index in [0.717, 1.165) is 31.2 Å². The highest BCUT2D eigenvalue weighted by Crippen LogP contribution is 1.99. The van der Waals surface area contributed by atoms with Gasteiger partial charge in [0.15, 0.2) is 5.96 Å². The summed E-state index contributed by atoms with van der Waals surface area (Å²) < 4.78 is 5.63. The molecule has 0 saturated heterocycles. The van der Waals surface area contributed by atoms with Crippen molar-refractivity contribution in [1.29, 1.82) is 0 Å². The summed E-state index contributed by atoms with van der Waals surface area (Å²) >= 11 is 0. The fourth-order valence-electron chi connectivity index (χ4n) is 2.08. The van der Waals surface area contributed by atoms with Crippen molar-refractivity contribution in [2.24, 2.45) is 4.99 Å². The zero-order valence-electron chi connectivity index (χ0n) is 13.5. The Morgan fingerprint density at radius 1 is 1.04 bits per heavy atom. The SMILES string of the molecule is CN=C(NCCOCc1ccccc1)NCCc1ccccn1. The van der Waals surface area contributed by atoms with E-state index in [1.54, 1.807) is 7.05 Å². The Balaban J connectivity index is 1.56. The average Bonchev–Trinajstić information content (AvgIpc) is 2.61. The van der Waals surface area contributed by atoms with Crippen LogP contribution in [-0.4, -0.2) is 37.7 Å². The van der Waals surface area contributed by atoms with Gasteiger partial charge in [0.1, 0.15) is 0 Å². The molecule has 2 N–H and O–H groups in total. The average molecular weight is 312 g/mol. The van der Waals surface area contributed by atoms with Crippen LogP contribution >= 0.6 is 0 Å². The maximum atomic E-state index is 5.63. The second kappa shape index (κ2) is 10.3. The summed E-state index contributed by atoms with van der Waals surface area (Å²) in [6.45, 7) is 2.78. The van der Waals surface area contributed by atoms with Crippen LogP contribution in [0, 0.1) is 0 Å². The van der Waals surface area contributed by atoms with E-state index in [1.807, 2.05) is 42.6 Å². The summed E-state index contributed by atoms with van der Waals surface area (Å²) in [5, 5.41) is 6.51. The minimum absolute atomic E-state index is 0.633. The topological polar surface area (TPSA) is 58.5 Å². The minimum Gasteiger partial charge on any atom is -0.375 e. The zero-order valence-corrected chi connectivity index (χ0v) is 13.5. The van der Waals surface area contributed by atoms with Gasteiger partial charge in [-0.2, -0.15) is 0 Å². The van der Waals surface area contributed by atoms with Gasteiger partial charge in [-0.05, 0) is 17.7 Å². The predicted octanol–water partition coefficient (Wildman–Crippen LogP) is 2.01. The molecule has 0 aliphatic rings. The Kier molecular flexibility index (Phi) is 7.63. The molecule has 0 atom stereocenters. The Labute approximate surface area is 137 Å². The van der Waals surface area contributed by atoms with Crippen molar-refractivity contribution in [1.82, 2.24) is 15.6 Å². The summed E-state index contributed by atoms with van der Waals surface area (Å²) in [5.41, 5.74) is 2.26. The van der Waals surface area contributed by atoms with Crippen LogP contribution in [0.1, 0.15) is 11.3 Å². The maximum absolute atomic E-state index is 5.63. The molecular formula is C18H24N4O. The molecule has 5 nitrogen and oxygen atoms in total. The molecular weight excluding hydrogens is 288 g/mol. The lowest BCUT2D eigenvalue weighted by molar-refractivity contribution is 0.125. The van der Waals surface area contributed by atoms with Gasteiger partial charge < -0.3 is 15.4 Å². The highest BCUT2D eigenvalue weighted by Gasteiger charge is 1.98. The molecule has 0 aliphatic carbocycles. The fourth-order valence-corrected chi connectivity index (χ4v) is 2.08. The lowest BCUT2D eigenvalue weighted by atomic mass is 10.2. The molecule has 0 radical (unpaired) electrons. The Morgan fingerprint density at radius 3 is 2.57 bits per heavy atom. The molecule has 23 heavy (non-hydrogen) atoms. The van der Waals surface area contributed by atoms with Crippen LogP contribution in [0.5, 0.6) is 0 Å². The number of pyridine rings is 1. The molecule has 0 bridgehead atoms. The van der Waals surface area contributed by atoms with E-state index in [9.17, 15) is 0 Å². The van der Waals surface area contributed by atoms with E-state index in [2.05, 4.69) is 32.7 Å². The van der Waals surface area contributed by atoms with E-state index in [-0.39, 0.29) is 0 Å². The highest BCUT2D eigenvalue weighted by molar-refractivity contribution is 5.79. The van der Waals surface area contributed by atoms with E-state index in [1.165, 1.54) is 5.56 Å². The van der Waals surface area contributed by atoms with E-state index in [0.29, 0.717) is 13.2 Å². The fraction of sp³-hybridized carbons (Fsp3) is 0.333. The number of hydrogen-bond acceptors (Lipinski definition) is 3.